The van der Waals surface area contributed by atoms with Crippen LogP contribution >= 0.6 is 0 Å². The van der Waals surface area contributed by atoms with Crippen LogP contribution in [0.3, 0.4) is 0 Å². The molecule has 1 saturated carbocycles. The number of fused-ring (bicyclic) bond motifs is 1. The Balaban J connectivity index is 1.35. The summed E-state index contributed by atoms with van der Waals surface area (Å²) in [4.78, 5) is 11.8. The van der Waals surface area contributed by atoms with E-state index in [0.29, 0.717) is 18.2 Å². The molecule has 3 aromatic rings. The number of ether oxygens (including phenoxy) is 6. The Kier molecular flexibility index (Phi) is 11.8. The van der Waals surface area contributed by atoms with Crippen molar-refractivity contribution in [2.75, 3.05) is 40.4 Å². The van der Waals surface area contributed by atoms with E-state index in [-0.39, 0.29) is 32.3 Å². The van der Waals surface area contributed by atoms with E-state index in [1.807, 2.05) is 36.4 Å². The predicted molar refractivity (Wildman–Crippen MR) is 175 cm³/mol. The second-order valence-corrected chi connectivity index (χ2v) is 11.6. The molecule has 1 aliphatic heterocycles. The van der Waals surface area contributed by atoms with Gasteiger partial charge in [-0.05, 0) is 96.0 Å². The number of carbonyl (C=O) groups excluding carboxylic acids is 1. The summed E-state index contributed by atoms with van der Waals surface area (Å²) in [7, 11) is 1.60. The molecule has 1 heterocycles. The van der Waals surface area contributed by atoms with Crippen molar-refractivity contribution < 1.29 is 33.2 Å². The van der Waals surface area contributed by atoms with Crippen LogP contribution in [0.4, 0.5) is 0 Å². The Hall–Kier alpha value is -4.01. The number of benzene rings is 3. The molecule has 1 fully saturated rings. The van der Waals surface area contributed by atoms with E-state index in [9.17, 15) is 4.79 Å². The summed E-state index contributed by atoms with van der Waals surface area (Å²) in [6.07, 6.45) is 6.92. The Bertz CT molecular complexity index is 1410. The summed E-state index contributed by atoms with van der Waals surface area (Å²) in [5.41, 5.74) is 5.45. The average molecular weight is 616 g/mol. The van der Waals surface area contributed by atoms with Crippen molar-refractivity contribution in [3.05, 3.63) is 83.4 Å². The molecule has 8 heteroatoms. The smallest absolute Gasteiger partial charge is 0.303 e. The summed E-state index contributed by atoms with van der Waals surface area (Å²) in [6, 6.07) is 22.2. The van der Waals surface area contributed by atoms with Gasteiger partial charge in [0.1, 0.15) is 24.2 Å². The monoisotopic (exact) mass is 615 g/mol. The van der Waals surface area contributed by atoms with Gasteiger partial charge in [0.15, 0.2) is 18.3 Å². The van der Waals surface area contributed by atoms with Crippen LogP contribution in [0.1, 0.15) is 69.1 Å². The number of hydrogen-bond acceptors (Lipinski definition) is 8. The third-order valence-corrected chi connectivity index (χ3v) is 8.30. The Labute approximate surface area is 266 Å². The highest BCUT2D eigenvalue weighted by Gasteiger charge is 2.20. The molecule has 0 amide bonds. The summed E-state index contributed by atoms with van der Waals surface area (Å²) >= 11 is 0. The van der Waals surface area contributed by atoms with Gasteiger partial charge in [0, 0.05) is 20.6 Å². The minimum absolute atomic E-state index is 0.190. The molecule has 2 aliphatic rings. The lowest BCUT2D eigenvalue weighted by atomic mass is 9.88. The molecule has 1 atom stereocenters. The van der Waals surface area contributed by atoms with Crippen LogP contribution in [0.2, 0.25) is 0 Å². The molecule has 0 aromatic heterocycles. The van der Waals surface area contributed by atoms with Crippen LogP contribution in [-0.2, 0) is 14.3 Å². The largest absolute Gasteiger partial charge is 0.490 e. The molecule has 0 bridgehead atoms. The fraction of sp³-hybridized carbons (Fsp3) is 0.432. The quantitative estimate of drug-likeness (QED) is 0.109. The van der Waals surface area contributed by atoms with E-state index in [0.717, 1.165) is 52.5 Å². The zero-order valence-electron chi connectivity index (χ0n) is 26.6. The van der Waals surface area contributed by atoms with E-state index >= 15 is 0 Å². The van der Waals surface area contributed by atoms with Crippen LogP contribution in [-0.4, -0.2) is 52.5 Å². The van der Waals surface area contributed by atoms with Crippen molar-refractivity contribution in [3.8, 4) is 23.0 Å². The first kappa shape index (κ1) is 32.4. The number of allylic oxidation sites excluding steroid dienone is 1. The summed E-state index contributed by atoms with van der Waals surface area (Å²) < 4.78 is 33.7. The van der Waals surface area contributed by atoms with Gasteiger partial charge in [0.05, 0.1) is 0 Å². The highest BCUT2D eigenvalue weighted by atomic mass is 16.7. The Morgan fingerprint density at radius 1 is 0.867 bits per heavy atom. The maximum atomic E-state index is 11.8. The summed E-state index contributed by atoms with van der Waals surface area (Å²) in [5.74, 6) is 3.36. The van der Waals surface area contributed by atoms with E-state index in [1.54, 1.807) is 7.11 Å². The average Bonchev–Trinajstić information content (AvgIpc) is 3.54. The fourth-order valence-electron chi connectivity index (χ4n) is 6.09. The summed E-state index contributed by atoms with van der Waals surface area (Å²) in [6.45, 7) is 5.82. The molecule has 1 aliphatic carbocycles. The highest BCUT2D eigenvalue weighted by Crippen LogP contribution is 2.40. The van der Waals surface area contributed by atoms with Crippen molar-refractivity contribution in [2.24, 2.45) is 5.92 Å². The lowest BCUT2D eigenvalue weighted by Gasteiger charge is -2.24. The van der Waals surface area contributed by atoms with Crippen LogP contribution in [0.25, 0.3) is 11.1 Å². The van der Waals surface area contributed by atoms with Crippen molar-refractivity contribution in [3.63, 3.8) is 0 Å². The summed E-state index contributed by atoms with van der Waals surface area (Å²) in [5, 5.41) is 3.51. The molecule has 1 N–H and O–H groups in total. The number of rotatable bonds is 15. The fourth-order valence-corrected chi connectivity index (χ4v) is 6.09. The van der Waals surface area contributed by atoms with Gasteiger partial charge in [0.2, 0.25) is 6.79 Å². The zero-order valence-corrected chi connectivity index (χ0v) is 26.6. The zero-order chi connectivity index (χ0) is 31.4. The van der Waals surface area contributed by atoms with Gasteiger partial charge in [0.25, 0.3) is 0 Å². The number of carbonyl (C=O) groups is 1. The van der Waals surface area contributed by atoms with Gasteiger partial charge < -0.3 is 33.7 Å². The molecule has 0 saturated heterocycles. The molecule has 5 rings (SSSR count). The number of methoxy groups -OCH3 is 1. The van der Waals surface area contributed by atoms with Gasteiger partial charge in [-0.3, -0.25) is 4.79 Å². The van der Waals surface area contributed by atoms with E-state index in [4.69, 9.17) is 28.4 Å². The molecule has 1 unspecified atom stereocenters. The minimum Gasteiger partial charge on any atom is -0.490 e. The van der Waals surface area contributed by atoms with Crippen LogP contribution < -0.4 is 24.3 Å². The Morgan fingerprint density at radius 2 is 1.51 bits per heavy atom. The van der Waals surface area contributed by atoms with Crippen LogP contribution in [0.5, 0.6) is 23.0 Å². The molecular formula is C37H45NO7. The van der Waals surface area contributed by atoms with Gasteiger partial charge in [-0.2, -0.15) is 0 Å². The third-order valence-electron chi connectivity index (χ3n) is 8.30. The molecule has 8 nitrogen and oxygen atoms in total. The van der Waals surface area contributed by atoms with Crippen molar-refractivity contribution >= 4 is 17.1 Å². The lowest BCUT2D eigenvalue weighted by Crippen LogP contribution is -2.37. The first-order valence-corrected chi connectivity index (χ1v) is 16.0. The van der Waals surface area contributed by atoms with Gasteiger partial charge in [-0.25, -0.2) is 0 Å². The van der Waals surface area contributed by atoms with Gasteiger partial charge in [-0.15, -0.1) is 0 Å². The number of esters is 1. The van der Waals surface area contributed by atoms with E-state index in [1.165, 1.54) is 44.6 Å². The Morgan fingerprint density at radius 3 is 2.16 bits per heavy atom. The topological polar surface area (TPSA) is 84.5 Å². The third kappa shape index (κ3) is 9.02. The van der Waals surface area contributed by atoms with Gasteiger partial charge in [-0.1, -0.05) is 56.5 Å². The first-order chi connectivity index (χ1) is 22.0. The molecule has 3 aromatic carbocycles. The highest BCUT2D eigenvalue weighted by molar-refractivity contribution is 5.99. The normalized spacial score (nSPS) is 15.7. The SMILES string of the molecule is CC/C(=C(\c1ccc(OCOC)cc1)c1ccc(OCC(CNCC2CCCCC2)OC(C)=O)cc1)c1ccc2c(c1)OCO2. The maximum Gasteiger partial charge on any atom is 0.303 e. The van der Waals surface area contributed by atoms with Crippen LogP contribution in [0, 0.1) is 5.92 Å². The van der Waals surface area contributed by atoms with E-state index in [2.05, 4.69) is 42.6 Å². The standard InChI is InChI=1S/C37H45NO7/c1-4-34(30-14-19-35-36(20-30)44-25-43-35)37(29-12-17-32(18-13-29)42-24-40-3)28-10-15-31(16-11-28)41-23-33(45-26(2)39)22-38-21-27-8-6-5-7-9-27/h10-20,27,33,38H,4-9,21-25H2,1-3H3/b37-34+. The van der Waals surface area contributed by atoms with Crippen molar-refractivity contribution in [2.45, 2.75) is 58.5 Å². The lowest BCUT2D eigenvalue weighted by molar-refractivity contribution is -0.147. The van der Waals surface area contributed by atoms with E-state index < -0.39 is 0 Å². The molecule has 0 radical (unpaired) electrons. The molecule has 45 heavy (non-hydrogen) atoms. The predicted octanol–water partition coefficient (Wildman–Crippen LogP) is 7.25. The first-order valence-electron chi connectivity index (χ1n) is 16.0. The molecule has 0 spiro atoms. The molecular weight excluding hydrogens is 570 g/mol. The maximum absolute atomic E-state index is 11.8. The minimum atomic E-state index is -0.363. The van der Waals surface area contributed by atoms with Crippen LogP contribution in [0.15, 0.2) is 66.7 Å². The van der Waals surface area contributed by atoms with Gasteiger partial charge >= 0.3 is 5.97 Å². The van der Waals surface area contributed by atoms with Crippen molar-refractivity contribution in [1.29, 1.82) is 0 Å². The molecule has 240 valence electrons. The second kappa shape index (κ2) is 16.3. The number of hydrogen-bond donors (Lipinski definition) is 1. The second-order valence-electron chi connectivity index (χ2n) is 11.6. The van der Waals surface area contributed by atoms with Crippen molar-refractivity contribution in [1.82, 2.24) is 5.32 Å². The number of nitrogens with one attached hydrogen (secondary N) is 1.